The topological polar surface area (TPSA) is 76.2 Å². The van der Waals surface area contributed by atoms with Crippen molar-refractivity contribution in [3.63, 3.8) is 0 Å². The van der Waals surface area contributed by atoms with Crippen LogP contribution in [0.3, 0.4) is 0 Å². The number of ether oxygens (including phenoxy) is 2. The molecule has 3 aliphatic heterocycles. The standard InChI is InChI=1S/C25H26N2O5/c1-26-22(28)19-20(23(26)29)25(24(30)32-3)13-4-14-27(25)21(19)17-7-5-15(6-8-17)16-9-11-18(31-2)12-10-16/h5-12,19-21H,4,13-14H2,1-3H3/t19-,20-,21-,25+/m1/s1. The Morgan fingerprint density at radius 3 is 2.19 bits per heavy atom. The molecule has 166 valence electrons. The van der Waals surface area contributed by atoms with Crippen LogP contribution in [0.25, 0.3) is 11.1 Å². The molecule has 0 N–H and O–H groups in total. The van der Waals surface area contributed by atoms with Gasteiger partial charge in [-0.25, -0.2) is 0 Å². The third kappa shape index (κ3) is 2.67. The molecule has 5 rings (SSSR count). The predicted molar refractivity (Wildman–Crippen MR) is 117 cm³/mol. The Morgan fingerprint density at radius 1 is 0.969 bits per heavy atom. The highest BCUT2D eigenvalue weighted by Gasteiger charge is 2.72. The van der Waals surface area contributed by atoms with Crippen LogP contribution < -0.4 is 4.74 Å². The van der Waals surface area contributed by atoms with Crippen molar-refractivity contribution in [1.29, 1.82) is 0 Å². The molecule has 0 spiro atoms. The number of hydrogen-bond donors (Lipinski definition) is 0. The van der Waals surface area contributed by atoms with Gasteiger partial charge >= 0.3 is 5.97 Å². The number of likely N-dealkylation sites (tertiary alicyclic amines) is 1. The maximum absolute atomic E-state index is 13.1. The van der Waals surface area contributed by atoms with E-state index in [1.165, 1.54) is 19.1 Å². The Labute approximate surface area is 186 Å². The molecular weight excluding hydrogens is 408 g/mol. The molecule has 2 aromatic rings. The fraction of sp³-hybridized carbons (Fsp3) is 0.400. The zero-order valence-electron chi connectivity index (χ0n) is 18.4. The fourth-order valence-corrected chi connectivity index (χ4v) is 6.00. The van der Waals surface area contributed by atoms with E-state index < -0.39 is 23.3 Å². The zero-order chi connectivity index (χ0) is 22.6. The lowest BCUT2D eigenvalue weighted by molar-refractivity contribution is -0.158. The highest BCUT2D eigenvalue weighted by Crippen LogP contribution is 2.59. The highest BCUT2D eigenvalue weighted by atomic mass is 16.5. The number of methoxy groups -OCH3 is 2. The first-order valence-electron chi connectivity index (χ1n) is 10.8. The molecule has 3 aliphatic rings. The SMILES string of the molecule is COC(=O)[C@@]12CCCN1[C@H](c1ccc(-c3ccc(OC)cc3)cc1)[C@@H]1C(=O)N(C)C(=O)[C@@H]12. The Morgan fingerprint density at radius 2 is 1.59 bits per heavy atom. The van der Waals surface area contributed by atoms with Crippen molar-refractivity contribution in [2.75, 3.05) is 27.8 Å². The van der Waals surface area contributed by atoms with Crippen molar-refractivity contribution in [2.45, 2.75) is 24.4 Å². The number of imide groups is 1. The fourth-order valence-electron chi connectivity index (χ4n) is 6.00. The molecule has 0 saturated carbocycles. The lowest BCUT2D eigenvalue weighted by Crippen LogP contribution is -2.54. The monoisotopic (exact) mass is 434 g/mol. The number of amides is 2. The first-order valence-corrected chi connectivity index (χ1v) is 10.8. The van der Waals surface area contributed by atoms with Gasteiger partial charge in [-0.05, 0) is 48.2 Å². The Balaban J connectivity index is 1.55. The summed E-state index contributed by atoms with van der Waals surface area (Å²) in [6.07, 6.45) is 1.30. The van der Waals surface area contributed by atoms with Crippen LogP contribution in [-0.4, -0.2) is 60.9 Å². The van der Waals surface area contributed by atoms with E-state index >= 15 is 0 Å². The normalized spacial score (nSPS) is 29.2. The van der Waals surface area contributed by atoms with Gasteiger partial charge in [-0.15, -0.1) is 0 Å². The van der Waals surface area contributed by atoms with Gasteiger partial charge in [0.1, 0.15) is 11.3 Å². The molecule has 4 atom stereocenters. The zero-order valence-corrected chi connectivity index (χ0v) is 18.4. The van der Waals surface area contributed by atoms with Gasteiger partial charge in [-0.1, -0.05) is 36.4 Å². The van der Waals surface area contributed by atoms with Crippen LogP contribution in [-0.2, 0) is 19.1 Å². The number of esters is 1. The average Bonchev–Trinajstić information content (AvgIpc) is 3.44. The van der Waals surface area contributed by atoms with Crippen LogP contribution in [0, 0.1) is 11.8 Å². The second kappa shape index (κ2) is 7.45. The van der Waals surface area contributed by atoms with Gasteiger partial charge in [0, 0.05) is 13.1 Å². The van der Waals surface area contributed by atoms with Crippen molar-refractivity contribution >= 4 is 17.8 Å². The minimum absolute atomic E-state index is 0.220. The predicted octanol–water partition coefficient (Wildman–Crippen LogP) is 2.66. The Kier molecular flexibility index (Phi) is 4.82. The molecule has 7 nitrogen and oxygen atoms in total. The summed E-state index contributed by atoms with van der Waals surface area (Å²) in [4.78, 5) is 42.5. The van der Waals surface area contributed by atoms with Gasteiger partial charge in [0.2, 0.25) is 11.8 Å². The summed E-state index contributed by atoms with van der Waals surface area (Å²) in [5, 5.41) is 0. The van der Waals surface area contributed by atoms with E-state index in [0.29, 0.717) is 13.0 Å². The third-order valence-electron chi connectivity index (χ3n) is 7.45. The van der Waals surface area contributed by atoms with Crippen molar-refractivity contribution in [2.24, 2.45) is 11.8 Å². The van der Waals surface area contributed by atoms with E-state index in [-0.39, 0.29) is 17.9 Å². The van der Waals surface area contributed by atoms with Crippen LogP contribution in [0.15, 0.2) is 48.5 Å². The van der Waals surface area contributed by atoms with E-state index in [2.05, 4.69) is 4.90 Å². The van der Waals surface area contributed by atoms with Crippen LogP contribution in [0.2, 0.25) is 0 Å². The Hall–Kier alpha value is -3.19. The van der Waals surface area contributed by atoms with Gasteiger partial charge in [0.15, 0.2) is 0 Å². The quantitative estimate of drug-likeness (QED) is 0.544. The summed E-state index contributed by atoms with van der Waals surface area (Å²) < 4.78 is 10.4. The number of rotatable bonds is 4. The van der Waals surface area contributed by atoms with Crippen molar-refractivity contribution in [1.82, 2.24) is 9.80 Å². The maximum Gasteiger partial charge on any atom is 0.327 e. The molecule has 3 fully saturated rings. The smallest absolute Gasteiger partial charge is 0.327 e. The second-order valence-electron chi connectivity index (χ2n) is 8.75. The Bertz CT molecular complexity index is 1080. The lowest BCUT2D eigenvalue weighted by Gasteiger charge is -2.35. The van der Waals surface area contributed by atoms with Crippen molar-refractivity contribution in [3.05, 3.63) is 54.1 Å². The summed E-state index contributed by atoms with van der Waals surface area (Å²) in [5.41, 5.74) is 1.95. The first-order chi connectivity index (χ1) is 15.4. The average molecular weight is 434 g/mol. The summed E-state index contributed by atoms with van der Waals surface area (Å²) in [7, 11) is 4.50. The number of hydrogen-bond acceptors (Lipinski definition) is 6. The van der Waals surface area contributed by atoms with E-state index in [9.17, 15) is 14.4 Å². The van der Waals surface area contributed by atoms with E-state index in [4.69, 9.17) is 9.47 Å². The number of benzene rings is 2. The summed E-state index contributed by atoms with van der Waals surface area (Å²) >= 11 is 0. The minimum atomic E-state index is -1.07. The molecule has 2 aromatic carbocycles. The number of carbonyl (C=O) groups is 3. The minimum Gasteiger partial charge on any atom is -0.497 e. The maximum atomic E-state index is 13.1. The van der Waals surface area contributed by atoms with Gasteiger partial charge in [-0.3, -0.25) is 24.2 Å². The van der Waals surface area contributed by atoms with Crippen LogP contribution in [0.1, 0.15) is 24.4 Å². The molecule has 32 heavy (non-hydrogen) atoms. The molecule has 0 aliphatic carbocycles. The molecule has 0 aromatic heterocycles. The van der Waals surface area contributed by atoms with E-state index in [1.807, 2.05) is 48.5 Å². The number of nitrogens with zero attached hydrogens (tertiary/aromatic N) is 2. The molecule has 0 radical (unpaired) electrons. The van der Waals surface area contributed by atoms with Crippen molar-refractivity contribution < 1.29 is 23.9 Å². The molecule has 7 heteroatoms. The largest absolute Gasteiger partial charge is 0.497 e. The first kappa shape index (κ1) is 20.7. The van der Waals surface area contributed by atoms with Gasteiger partial charge in [0.05, 0.1) is 26.1 Å². The molecule has 2 amide bonds. The van der Waals surface area contributed by atoms with Crippen LogP contribution >= 0.6 is 0 Å². The molecule has 0 bridgehead atoms. The van der Waals surface area contributed by atoms with Crippen LogP contribution in [0.5, 0.6) is 5.75 Å². The summed E-state index contributed by atoms with van der Waals surface area (Å²) in [6, 6.07) is 15.5. The van der Waals surface area contributed by atoms with E-state index in [1.54, 1.807) is 7.11 Å². The van der Waals surface area contributed by atoms with Crippen LogP contribution in [0.4, 0.5) is 0 Å². The summed E-state index contributed by atoms with van der Waals surface area (Å²) in [6.45, 7) is 0.650. The van der Waals surface area contributed by atoms with Gasteiger partial charge in [0.25, 0.3) is 0 Å². The third-order valence-corrected chi connectivity index (χ3v) is 7.45. The number of carbonyl (C=O) groups excluding carboxylic acids is 3. The van der Waals surface area contributed by atoms with Gasteiger partial charge in [-0.2, -0.15) is 0 Å². The molecule has 0 unspecified atom stereocenters. The number of fused-ring (bicyclic) bond motifs is 3. The highest BCUT2D eigenvalue weighted by molar-refractivity contribution is 6.09. The second-order valence-corrected chi connectivity index (χ2v) is 8.75. The summed E-state index contributed by atoms with van der Waals surface area (Å²) in [5.74, 6) is -1.42. The van der Waals surface area contributed by atoms with E-state index in [0.717, 1.165) is 28.9 Å². The molecule has 3 saturated heterocycles. The lowest BCUT2D eigenvalue weighted by atomic mass is 9.77. The molecular formula is C25H26N2O5. The van der Waals surface area contributed by atoms with Crippen molar-refractivity contribution in [3.8, 4) is 16.9 Å². The molecule has 3 heterocycles. The van der Waals surface area contributed by atoms with Gasteiger partial charge < -0.3 is 9.47 Å².